The number of rotatable bonds is 2. The summed E-state index contributed by atoms with van der Waals surface area (Å²) in [6.07, 6.45) is 2.93. The van der Waals surface area contributed by atoms with Crippen molar-refractivity contribution in [3.8, 4) is 5.75 Å². The Morgan fingerprint density at radius 3 is 2.95 bits per heavy atom. The maximum Gasteiger partial charge on any atom is 0.142 e. The first-order valence-corrected chi connectivity index (χ1v) is 8.35. The number of ether oxygens (including phenoxy) is 1. The molecule has 116 valence electrons. The largest absolute Gasteiger partial charge is 0.489 e. The van der Waals surface area contributed by atoms with Crippen LogP contribution in [0, 0.1) is 5.92 Å². The molecule has 0 amide bonds. The quantitative estimate of drug-likeness (QED) is 0.908. The van der Waals surface area contributed by atoms with Crippen LogP contribution in [-0.2, 0) is 6.42 Å². The third-order valence-electron chi connectivity index (χ3n) is 4.70. The van der Waals surface area contributed by atoms with E-state index in [1.807, 2.05) is 6.07 Å². The van der Waals surface area contributed by atoms with Gasteiger partial charge >= 0.3 is 0 Å². The van der Waals surface area contributed by atoms with Gasteiger partial charge in [0.05, 0.1) is 11.1 Å². The third kappa shape index (κ3) is 2.92. The molecule has 1 aromatic carbocycles. The zero-order valence-electron chi connectivity index (χ0n) is 12.8. The Labute approximate surface area is 131 Å². The molecule has 0 radical (unpaired) electrons. The van der Waals surface area contributed by atoms with Gasteiger partial charge in [-0.15, -0.1) is 0 Å². The topological polar surface area (TPSA) is 32.7 Å². The third-order valence-corrected chi connectivity index (χ3v) is 4.98. The normalized spacial score (nSPS) is 29.8. The first-order chi connectivity index (χ1) is 10.1. The van der Waals surface area contributed by atoms with E-state index in [2.05, 4.69) is 24.8 Å². The molecule has 2 aliphatic heterocycles. The summed E-state index contributed by atoms with van der Waals surface area (Å²) in [6.45, 7) is 6.81. The molecule has 1 saturated heterocycles. The predicted molar refractivity (Wildman–Crippen MR) is 85.0 cm³/mol. The van der Waals surface area contributed by atoms with E-state index < -0.39 is 6.10 Å². The molecule has 3 rings (SSSR count). The van der Waals surface area contributed by atoms with Crippen molar-refractivity contribution < 1.29 is 9.84 Å². The van der Waals surface area contributed by atoms with Crippen LogP contribution in [0.3, 0.4) is 0 Å². The zero-order chi connectivity index (χ0) is 15.0. The van der Waals surface area contributed by atoms with Gasteiger partial charge in [0.15, 0.2) is 0 Å². The molecule has 3 nitrogen and oxygen atoms in total. The van der Waals surface area contributed by atoms with Gasteiger partial charge in [0, 0.05) is 12.1 Å². The van der Waals surface area contributed by atoms with Gasteiger partial charge in [0.2, 0.25) is 0 Å². The minimum absolute atomic E-state index is 0.0144. The number of fused-ring (bicyclic) bond motifs is 1. The lowest BCUT2D eigenvalue weighted by Gasteiger charge is -2.42. The van der Waals surface area contributed by atoms with Crippen molar-refractivity contribution in [1.82, 2.24) is 4.90 Å². The van der Waals surface area contributed by atoms with Crippen molar-refractivity contribution in [2.75, 3.05) is 19.7 Å². The average Bonchev–Trinajstić information content (AvgIpc) is 2.46. The number of nitrogens with zero attached hydrogens (tertiary/aromatic N) is 1. The van der Waals surface area contributed by atoms with Gasteiger partial charge in [0.1, 0.15) is 18.5 Å². The van der Waals surface area contributed by atoms with Gasteiger partial charge < -0.3 is 9.84 Å². The number of halogens is 1. The number of benzene rings is 1. The van der Waals surface area contributed by atoms with Gasteiger partial charge in [-0.25, -0.2) is 0 Å². The first kappa shape index (κ1) is 15.1. The number of aliphatic hydroxyl groups is 1. The van der Waals surface area contributed by atoms with Crippen molar-refractivity contribution in [1.29, 1.82) is 0 Å². The lowest BCUT2D eigenvalue weighted by molar-refractivity contribution is -0.0140. The van der Waals surface area contributed by atoms with Crippen molar-refractivity contribution in [2.45, 2.75) is 45.3 Å². The molecule has 0 saturated carbocycles. The molecule has 4 heteroatoms. The van der Waals surface area contributed by atoms with E-state index in [4.69, 9.17) is 16.3 Å². The van der Waals surface area contributed by atoms with E-state index >= 15 is 0 Å². The predicted octanol–water partition coefficient (Wildman–Crippen LogP) is 3.43. The van der Waals surface area contributed by atoms with Gasteiger partial charge in [-0.3, -0.25) is 4.90 Å². The smallest absolute Gasteiger partial charge is 0.142 e. The van der Waals surface area contributed by atoms with Crippen LogP contribution in [0.15, 0.2) is 12.1 Å². The molecule has 3 unspecified atom stereocenters. The average molecular weight is 310 g/mol. The summed E-state index contributed by atoms with van der Waals surface area (Å²) < 4.78 is 5.71. The van der Waals surface area contributed by atoms with Crippen molar-refractivity contribution in [2.24, 2.45) is 5.92 Å². The Hall–Kier alpha value is -0.770. The zero-order valence-corrected chi connectivity index (χ0v) is 13.6. The second kappa shape index (κ2) is 6.15. The highest BCUT2D eigenvalue weighted by Gasteiger charge is 2.36. The number of aliphatic hydroxyl groups excluding tert-OH is 1. The molecule has 3 atom stereocenters. The van der Waals surface area contributed by atoms with Gasteiger partial charge in [-0.1, -0.05) is 31.5 Å². The molecule has 1 fully saturated rings. The van der Waals surface area contributed by atoms with E-state index in [-0.39, 0.29) is 6.04 Å². The number of piperidine rings is 1. The van der Waals surface area contributed by atoms with E-state index in [9.17, 15) is 5.11 Å². The van der Waals surface area contributed by atoms with Crippen LogP contribution in [0.25, 0.3) is 0 Å². The standard InChI is InChI=1S/C17H24ClNO2/c1-3-12-7-13-16(19-6-4-5-11(2)9-19)15(20)10-21-17(13)14(18)8-12/h7-8,11,15-16,20H,3-6,9-10H2,1-2H3. The fourth-order valence-corrected chi connectivity index (χ4v) is 3.94. The van der Waals surface area contributed by atoms with E-state index in [1.54, 1.807) is 0 Å². The second-order valence-corrected chi connectivity index (χ2v) is 6.82. The lowest BCUT2D eigenvalue weighted by Crippen LogP contribution is -2.46. The summed E-state index contributed by atoms with van der Waals surface area (Å²) in [6, 6.07) is 4.15. The highest BCUT2D eigenvalue weighted by atomic mass is 35.5. The number of likely N-dealkylation sites (tertiary alicyclic amines) is 1. The van der Waals surface area contributed by atoms with Crippen LogP contribution < -0.4 is 4.74 Å². The van der Waals surface area contributed by atoms with Crippen molar-refractivity contribution in [3.63, 3.8) is 0 Å². The monoisotopic (exact) mass is 309 g/mol. The Balaban J connectivity index is 1.99. The fourth-order valence-electron chi connectivity index (χ4n) is 3.63. The molecule has 1 N–H and O–H groups in total. The van der Waals surface area contributed by atoms with Crippen LogP contribution in [0.2, 0.25) is 5.02 Å². The van der Waals surface area contributed by atoms with Gasteiger partial charge in [-0.2, -0.15) is 0 Å². The Kier molecular flexibility index (Phi) is 4.43. The summed E-state index contributed by atoms with van der Waals surface area (Å²) in [4.78, 5) is 2.41. The molecular weight excluding hydrogens is 286 g/mol. The molecule has 21 heavy (non-hydrogen) atoms. The highest BCUT2D eigenvalue weighted by Crippen LogP contribution is 2.42. The number of hydrogen-bond acceptors (Lipinski definition) is 3. The molecule has 1 aromatic rings. The summed E-state index contributed by atoms with van der Waals surface area (Å²) in [5, 5.41) is 11.2. The van der Waals surface area contributed by atoms with Crippen LogP contribution >= 0.6 is 11.6 Å². The van der Waals surface area contributed by atoms with Crippen LogP contribution in [-0.4, -0.2) is 35.8 Å². The summed E-state index contributed by atoms with van der Waals surface area (Å²) >= 11 is 6.38. The highest BCUT2D eigenvalue weighted by molar-refractivity contribution is 6.32. The maximum absolute atomic E-state index is 10.5. The fraction of sp³-hybridized carbons (Fsp3) is 0.647. The van der Waals surface area contributed by atoms with Gasteiger partial charge in [-0.05, 0) is 43.4 Å². The maximum atomic E-state index is 10.5. The molecule has 0 aliphatic carbocycles. The number of aryl methyl sites for hydroxylation is 1. The minimum Gasteiger partial charge on any atom is -0.489 e. The van der Waals surface area contributed by atoms with E-state index in [1.165, 1.54) is 18.4 Å². The molecule has 2 heterocycles. The molecule has 0 aromatic heterocycles. The molecular formula is C17H24ClNO2. The van der Waals surface area contributed by atoms with Crippen molar-refractivity contribution in [3.05, 3.63) is 28.3 Å². The van der Waals surface area contributed by atoms with Crippen LogP contribution in [0.1, 0.15) is 43.9 Å². The SMILES string of the molecule is CCc1cc(Cl)c2c(c1)C(N1CCCC(C)C1)C(O)CO2. The summed E-state index contributed by atoms with van der Waals surface area (Å²) in [7, 11) is 0. The van der Waals surface area contributed by atoms with Crippen LogP contribution in [0.4, 0.5) is 0 Å². The Morgan fingerprint density at radius 1 is 1.43 bits per heavy atom. The summed E-state index contributed by atoms with van der Waals surface area (Å²) in [5.74, 6) is 1.45. The molecule has 0 spiro atoms. The summed E-state index contributed by atoms with van der Waals surface area (Å²) in [5.41, 5.74) is 2.26. The lowest BCUT2D eigenvalue weighted by atomic mass is 9.90. The van der Waals surface area contributed by atoms with Crippen molar-refractivity contribution >= 4 is 11.6 Å². The number of hydrogen-bond donors (Lipinski definition) is 1. The van der Waals surface area contributed by atoms with Gasteiger partial charge in [0.25, 0.3) is 0 Å². The first-order valence-electron chi connectivity index (χ1n) is 7.97. The molecule has 2 aliphatic rings. The van der Waals surface area contributed by atoms with E-state index in [0.29, 0.717) is 17.5 Å². The minimum atomic E-state index is -0.481. The Bertz CT molecular complexity index is 520. The van der Waals surface area contributed by atoms with Crippen LogP contribution in [0.5, 0.6) is 5.75 Å². The second-order valence-electron chi connectivity index (χ2n) is 6.42. The Morgan fingerprint density at radius 2 is 2.24 bits per heavy atom. The van der Waals surface area contributed by atoms with E-state index in [0.717, 1.165) is 30.8 Å². The molecule has 0 bridgehead atoms.